The summed E-state index contributed by atoms with van der Waals surface area (Å²) in [5.41, 5.74) is 7.79. The lowest BCUT2D eigenvalue weighted by molar-refractivity contribution is 0.328. The molecule has 1 aromatic heterocycles. The van der Waals surface area contributed by atoms with E-state index in [9.17, 15) is 0 Å². The summed E-state index contributed by atoms with van der Waals surface area (Å²) < 4.78 is 0. The molecule has 0 aromatic carbocycles. The Morgan fingerprint density at radius 1 is 1.42 bits per heavy atom. The van der Waals surface area contributed by atoms with Crippen molar-refractivity contribution in [3.8, 4) is 0 Å². The third kappa shape index (κ3) is 3.44. The highest BCUT2D eigenvalue weighted by molar-refractivity contribution is 7.80. The van der Waals surface area contributed by atoms with Gasteiger partial charge < -0.3 is 11.1 Å². The number of thiocarbonyl (C=S) groups is 1. The van der Waals surface area contributed by atoms with E-state index in [0.29, 0.717) is 11.0 Å². The first-order valence-electron chi connectivity index (χ1n) is 7.11. The van der Waals surface area contributed by atoms with Crippen LogP contribution >= 0.6 is 12.2 Å². The molecule has 0 aliphatic heterocycles. The van der Waals surface area contributed by atoms with Gasteiger partial charge in [-0.2, -0.15) is 0 Å². The maximum absolute atomic E-state index is 5.82. The van der Waals surface area contributed by atoms with Gasteiger partial charge in [-0.1, -0.05) is 31.5 Å². The molecule has 1 aliphatic rings. The molecule has 0 spiro atoms. The number of hydrogen-bond donors (Lipinski definition) is 2. The van der Waals surface area contributed by atoms with Gasteiger partial charge in [0.05, 0.1) is 5.56 Å². The summed E-state index contributed by atoms with van der Waals surface area (Å²) in [7, 11) is 0. The van der Waals surface area contributed by atoms with Gasteiger partial charge in [-0.25, -0.2) is 4.98 Å². The van der Waals surface area contributed by atoms with Crippen molar-refractivity contribution < 1.29 is 0 Å². The van der Waals surface area contributed by atoms with Crippen LogP contribution in [0.4, 0.5) is 5.82 Å². The second-order valence-electron chi connectivity index (χ2n) is 5.55. The van der Waals surface area contributed by atoms with Gasteiger partial charge in [-0.05, 0) is 44.2 Å². The van der Waals surface area contributed by atoms with Crippen molar-refractivity contribution in [3.05, 3.63) is 23.4 Å². The van der Waals surface area contributed by atoms with Crippen LogP contribution in [0.2, 0.25) is 0 Å². The minimum absolute atomic E-state index is 0.419. The first-order valence-corrected chi connectivity index (χ1v) is 7.52. The van der Waals surface area contributed by atoms with Crippen LogP contribution in [-0.2, 0) is 0 Å². The largest absolute Gasteiger partial charge is 0.389 e. The lowest BCUT2D eigenvalue weighted by atomic mass is 9.84. The molecule has 1 unspecified atom stereocenters. The fourth-order valence-electron chi connectivity index (χ4n) is 2.95. The summed E-state index contributed by atoms with van der Waals surface area (Å²) in [4.78, 5) is 4.84. The number of nitrogens with one attached hydrogen (secondary N) is 1. The number of aryl methyl sites for hydroxylation is 1. The third-order valence-corrected chi connectivity index (χ3v) is 4.33. The van der Waals surface area contributed by atoms with E-state index in [2.05, 4.69) is 17.2 Å². The predicted molar refractivity (Wildman–Crippen MR) is 84.5 cm³/mol. The summed E-state index contributed by atoms with van der Waals surface area (Å²) in [6.45, 7) is 4.26. The minimum Gasteiger partial charge on any atom is -0.389 e. The molecule has 1 heterocycles. The zero-order chi connectivity index (χ0) is 13.8. The number of anilines is 1. The normalized spacial score (nSPS) is 18.0. The molecule has 1 aromatic rings. The molecule has 1 saturated carbocycles. The van der Waals surface area contributed by atoms with E-state index in [0.717, 1.165) is 22.9 Å². The molecule has 19 heavy (non-hydrogen) atoms. The standard InChI is InChI=1S/C15H23N3S/c1-10-8-9-17-15(13(10)14(16)19)18-11(2)12-6-4-3-5-7-12/h8-9,11-12H,3-7H2,1-2H3,(H2,16,19)(H,17,18). The van der Waals surface area contributed by atoms with Crippen molar-refractivity contribution in [2.75, 3.05) is 5.32 Å². The van der Waals surface area contributed by atoms with Crippen molar-refractivity contribution >= 4 is 23.0 Å². The molecule has 0 radical (unpaired) electrons. The Morgan fingerprint density at radius 2 is 2.11 bits per heavy atom. The number of aromatic nitrogens is 1. The zero-order valence-corrected chi connectivity index (χ0v) is 12.6. The summed E-state index contributed by atoms with van der Waals surface area (Å²) >= 11 is 5.14. The van der Waals surface area contributed by atoms with Crippen molar-refractivity contribution in [2.45, 2.75) is 52.0 Å². The molecular formula is C15H23N3S. The van der Waals surface area contributed by atoms with Crippen molar-refractivity contribution in [1.29, 1.82) is 0 Å². The number of nitrogens with two attached hydrogens (primary N) is 1. The molecule has 1 fully saturated rings. The smallest absolute Gasteiger partial charge is 0.136 e. The van der Waals surface area contributed by atoms with Gasteiger partial charge in [0.1, 0.15) is 10.8 Å². The van der Waals surface area contributed by atoms with E-state index in [1.54, 1.807) is 0 Å². The molecule has 104 valence electrons. The molecular weight excluding hydrogens is 254 g/mol. The fourth-order valence-corrected chi connectivity index (χ4v) is 3.20. The van der Waals surface area contributed by atoms with Crippen LogP contribution in [0, 0.1) is 12.8 Å². The second-order valence-corrected chi connectivity index (χ2v) is 5.99. The van der Waals surface area contributed by atoms with Crippen LogP contribution in [0.25, 0.3) is 0 Å². The number of pyridine rings is 1. The van der Waals surface area contributed by atoms with Gasteiger partial charge >= 0.3 is 0 Å². The SMILES string of the molecule is Cc1ccnc(NC(C)C2CCCCC2)c1C(N)=S. The van der Waals surface area contributed by atoms with Crippen LogP contribution in [0.3, 0.4) is 0 Å². The summed E-state index contributed by atoms with van der Waals surface area (Å²) in [6.07, 6.45) is 8.50. The summed E-state index contributed by atoms with van der Waals surface area (Å²) in [5, 5.41) is 3.52. The maximum Gasteiger partial charge on any atom is 0.136 e. The maximum atomic E-state index is 5.82. The molecule has 1 aliphatic carbocycles. The van der Waals surface area contributed by atoms with Gasteiger partial charge in [0.2, 0.25) is 0 Å². The van der Waals surface area contributed by atoms with E-state index in [4.69, 9.17) is 18.0 Å². The Bertz CT molecular complexity index is 453. The van der Waals surface area contributed by atoms with Gasteiger partial charge in [-0.15, -0.1) is 0 Å². The molecule has 4 heteroatoms. The summed E-state index contributed by atoms with van der Waals surface area (Å²) in [5.74, 6) is 1.57. The molecule has 2 rings (SSSR count). The van der Waals surface area contributed by atoms with E-state index < -0.39 is 0 Å². The lowest BCUT2D eigenvalue weighted by Gasteiger charge is -2.29. The number of hydrogen-bond acceptors (Lipinski definition) is 3. The van der Waals surface area contributed by atoms with Crippen LogP contribution < -0.4 is 11.1 Å². The summed E-state index contributed by atoms with van der Waals surface area (Å²) in [6, 6.07) is 2.37. The highest BCUT2D eigenvalue weighted by Crippen LogP contribution is 2.28. The van der Waals surface area contributed by atoms with Crippen LogP contribution in [-0.4, -0.2) is 16.0 Å². The Hall–Kier alpha value is -1.16. The van der Waals surface area contributed by atoms with Crippen LogP contribution in [0.15, 0.2) is 12.3 Å². The Balaban J connectivity index is 2.14. The zero-order valence-electron chi connectivity index (χ0n) is 11.8. The highest BCUT2D eigenvalue weighted by atomic mass is 32.1. The van der Waals surface area contributed by atoms with E-state index >= 15 is 0 Å². The first kappa shape index (κ1) is 14.3. The van der Waals surface area contributed by atoms with Crippen molar-refractivity contribution in [1.82, 2.24) is 4.98 Å². The van der Waals surface area contributed by atoms with Crippen molar-refractivity contribution in [3.63, 3.8) is 0 Å². The van der Waals surface area contributed by atoms with Gasteiger partial charge in [0.25, 0.3) is 0 Å². The highest BCUT2D eigenvalue weighted by Gasteiger charge is 2.21. The van der Waals surface area contributed by atoms with E-state index in [1.807, 2.05) is 19.2 Å². The molecule has 0 bridgehead atoms. The Morgan fingerprint density at radius 3 is 2.74 bits per heavy atom. The number of rotatable bonds is 4. The third-order valence-electron chi connectivity index (χ3n) is 4.13. The second kappa shape index (κ2) is 6.33. The molecule has 3 N–H and O–H groups in total. The average Bonchev–Trinajstić information content (AvgIpc) is 2.39. The molecule has 0 saturated heterocycles. The van der Waals surface area contributed by atoms with E-state index in [1.165, 1.54) is 32.1 Å². The fraction of sp³-hybridized carbons (Fsp3) is 0.600. The van der Waals surface area contributed by atoms with Gasteiger partial charge in [0, 0.05) is 12.2 Å². The molecule has 3 nitrogen and oxygen atoms in total. The minimum atomic E-state index is 0.419. The monoisotopic (exact) mass is 277 g/mol. The van der Waals surface area contributed by atoms with Gasteiger partial charge in [0.15, 0.2) is 0 Å². The van der Waals surface area contributed by atoms with Crippen LogP contribution in [0.1, 0.15) is 50.2 Å². The molecule has 0 amide bonds. The average molecular weight is 277 g/mol. The topological polar surface area (TPSA) is 50.9 Å². The molecule has 1 atom stereocenters. The number of nitrogens with zero attached hydrogens (tertiary/aromatic N) is 1. The first-order chi connectivity index (χ1) is 9.09. The predicted octanol–water partition coefficient (Wildman–Crippen LogP) is 3.40. The van der Waals surface area contributed by atoms with Crippen LogP contribution in [0.5, 0.6) is 0 Å². The van der Waals surface area contributed by atoms with Gasteiger partial charge in [-0.3, -0.25) is 0 Å². The quantitative estimate of drug-likeness (QED) is 0.828. The van der Waals surface area contributed by atoms with Crippen molar-refractivity contribution in [2.24, 2.45) is 11.7 Å². The Kier molecular flexibility index (Phi) is 4.75. The van der Waals surface area contributed by atoms with E-state index in [-0.39, 0.29) is 0 Å². The lowest BCUT2D eigenvalue weighted by Crippen LogP contribution is -2.29. The Labute approximate surface area is 121 Å².